The number of anilines is 1. The van der Waals surface area contributed by atoms with Gasteiger partial charge in [-0.05, 0) is 67.6 Å². The first-order valence-electron chi connectivity index (χ1n) is 11.1. The Labute approximate surface area is 193 Å². The smallest absolute Gasteiger partial charge is 0.338 e. The third kappa shape index (κ3) is 4.60. The predicted molar refractivity (Wildman–Crippen MR) is 123 cm³/mol. The van der Waals surface area contributed by atoms with Crippen LogP contribution in [0.25, 0.3) is 0 Å². The minimum absolute atomic E-state index is 0.0403. The number of fused-ring (bicyclic) bond motifs is 1. The third-order valence-corrected chi connectivity index (χ3v) is 7.80. The first-order valence-corrected chi connectivity index (χ1v) is 12.6. The summed E-state index contributed by atoms with van der Waals surface area (Å²) >= 11 is 0. The van der Waals surface area contributed by atoms with Crippen molar-refractivity contribution in [2.75, 3.05) is 4.72 Å². The molecular formula is C25H26N2O5S. The molecule has 1 fully saturated rings. The van der Waals surface area contributed by atoms with E-state index in [9.17, 15) is 18.3 Å². The molecule has 1 aliphatic heterocycles. The largest absolute Gasteiger partial charge is 0.511 e. The molecule has 0 aromatic heterocycles. The van der Waals surface area contributed by atoms with Crippen LogP contribution < -0.4 is 4.72 Å². The summed E-state index contributed by atoms with van der Waals surface area (Å²) in [7, 11) is -3.86. The molecule has 3 atom stereocenters. The summed E-state index contributed by atoms with van der Waals surface area (Å²) < 4.78 is 33.8. The molecule has 172 valence electrons. The number of carbonyl (C=O) groups is 1. The Morgan fingerprint density at radius 2 is 1.91 bits per heavy atom. The van der Waals surface area contributed by atoms with Gasteiger partial charge in [-0.25, -0.2) is 13.2 Å². The number of hydrogen-bond acceptors (Lipinski definition) is 6. The molecule has 0 radical (unpaired) electrons. The highest BCUT2D eigenvalue weighted by Gasteiger charge is 2.41. The standard InChI is InChI=1S/C25H26N2O5S/c1-2-20(23-24(28)21-8-3-4-9-22(21)32-25(23)29)17-6-5-7-18(14-17)27-33(30,31)19-12-10-16(15-26)11-13-19/h5-7,10-14,20-22,27-28H,2-4,8-9H2,1H3. The fourth-order valence-electron chi connectivity index (χ4n) is 4.72. The summed E-state index contributed by atoms with van der Waals surface area (Å²) in [6, 6.07) is 14.4. The zero-order chi connectivity index (χ0) is 23.6. The molecule has 0 spiro atoms. The van der Waals surface area contributed by atoms with Gasteiger partial charge in [0.05, 0.1) is 28.0 Å². The normalized spacial score (nSPS) is 21.5. The number of nitrogens with one attached hydrogen (secondary N) is 1. The highest BCUT2D eigenvalue weighted by atomic mass is 32.2. The molecule has 0 amide bonds. The average molecular weight is 467 g/mol. The highest BCUT2D eigenvalue weighted by Crippen LogP contribution is 2.42. The lowest BCUT2D eigenvalue weighted by Crippen LogP contribution is -2.38. The summed E-state index contributed by atoms with van der Waals surface area (Å²) in [5.74, 6) is -0.962. The van der Waals surface area contributed by atoms with Gasteiger partial charge in [0.1, 0.15) is 11.9 Å². The van der Waals surface area contributed by atoms with Crippen molar-refractivity contribution in [2.24, 2.45) is 5.92 Å². The van der Waals surface area contributed by atoms with Crippen molar-refractivity contribution in [3.8, 4) is 6.07 Å². The van der Waals surface area contributed by atoms with E-state index in [-0.39, 0.29) is 28.2 Å². The Morgan fingerprint density at radius 1 is 1.18 bits per heavy atom. The summed E-state index contributed by atoms with van der Waals surface area (Å²) in [4.78, 5) is 12.9. The van der Waals surface area contributed by atoms with E-state index < -0.39 is 21.9 Å². The summed E-state index contributed by atoms with van der Waals surface area (Å²) in [5.41, 5.74) is 1.70. The molecule has 3 unspecified atom stereocenters. The van der Waals surface area contributed by atoms with Crippen LogP contribution in [0.3, 0.4) is 0 Å². The zero-order valence-electron chi connectivity index (χ0n) is 18.3. The number of aliphatic hydroxyl groups excluding tert-OH is 1. The first kappa shape index (κ1) is 22.9. The fourth-order valence-corrected chi connectivity index (χ4v) is 5.77. The first-order chi connectivity index (χ1) is 15.8. The van der Waals surface area contributed by atoms with Crippen molar-refractivity contribution in [2.45, 2.75) is 55.9 Å². The highest BCUT2D eigenvalue weighted by molar-refractivity contribution is 7.92. The number of rotatable bonds is 6. The van der Waals surface area contributed by atoms with Crippen LogP contribution >= 0.6 is 0 Å². The Morgan fingerprint density at radius 3 is 2.61 bits per heavy atom. The van der Waals surface area contributed by atoms with Crippen molar-refractivity contribution in [1.29, 1.82) is 5.26 Å². The van der Waals surface area contributed by atoms with Gasteiger partial charge >= 0.3 is 5.97 Å². The molecule has 7 nitrogen and oxygen atoms in total. The van der Waals surface area contributed by atoms with E-state index in [4.69, 9.17) is 10.00 Å². The number of nitriles is 1. The molecule has 1 heterocycles. The molecule has 2 aromatic carbocycles. The maximum Gasteiger partial charge on any atom is 0.338 e. The second-order valence-electron chi connectivity index (χ2n) is 8.46. The quantitative estimate of drug-likeness (QED) is 0.592. The van der Waals surface area contributed by atoms with Gasteiger partial charge in [0.15, 0.2) is 0 Å². The Bertz CT molecular complexity index is 1230. The van der Waals surface area contributed by atoms with Gasteiger partial charge in [-0.3, -0.25) is 4.72 Å². The molecule has 1 saturated carbocycles. The van der Waals surface area contributed by atoms with E-state index in [0.29, 0.717) is 23.2 Å². The predicted octanol–water partition coefficient (Wildman–Crippen LogP) is 4.78. The Kier molecular flexibility index (Phi) is 6.43. The maximum absolute atomic E-state index is 12.8. The third-order valence-electron chi connectivity index (χ3n) is 6.40. The number of nitrogens with zero attached hydrogens (tertiary/aromatic N) is 1. The molecule has 0 bridgehead atoms. The Hall–Kier alpha value is -3.31. The number of sulfonamides is 1. The van der Waals surface area contributed by atoms with Gasteiger partial charge in [0, 0.05) is 11.6 Å². The molecule has 0 saturated heterocycles. The van der Waals surface area contributed by atoms with Gasteiger partial charge in [-0.15, -0.1) is 0 Å². The molecule has 33 heavy (non-hydrogen) atoms. The van der Waals surface area contributed by atoms with Crippen LogP contribution in [0.2, 0.25) is 0 Å². The van der Waals surface area contributed by atoms with Crippen LogP contribution in [-0.4, -0.2) is 25.6 Å². The summed E-state index contributed by atoms with van der Waals surface area (Å²) in [6.45, 7) is 1.92. The number of benzene rings is 2. The number of esters is 1. The van der Waals surface area contributed by atoms with Crippen molar-refractivity contribution >= 4 is 21.7 Å². The topological polar surface area (TPSA) is 116 Å². The molecule has 8 heteroatoms. The van der Waals surface area contributed by atoms with Gasteiger partial charge < -0.3 is 9.84 Å². The van der Waals surface area contributed by atoms with Crippen molar-refractivity contribution in [1.82, 2.24) is 0 Å². The molecule has 2 aliphatic rings. The van der Waals surface area contributed by atoms with Crippen LogP contribution in [0.4, 0.5) is 5.69 Å². The van der Waals surface area contributed by atoms with Crippen LogP contribution in [0, 0.1) is 17.2 Å². The van der Waals surface area contributed by atoms with E-state index >= 15 is 0 Å². The number of carbonyl (C=O) groups excluding carboxylic acids is 1. The maximum atomic E-state index is 12.8. The lowest BCUT2D eigenvalue weighted by molar-refractivity contribution is -0.152. The van der Waals surface area contributed by atoms with Gasteiger partial charge in [-0.1, -0.05) is 25.5 Å². The van der Waals surface area contributed by atoms with Crippen LogP contribution in [-0.2, 0) is 19.6 Å². The molecule has 1 aliphatic carbocycles. The van der Waals surface area contributed by atoms with Crippen molar-refractivity contribution in [3.63, 3.8) is 0 Å². The molecule has 2 N–H and O–H groups in total. The van der Waals surface area contributed by atoms with E-state index in [0.717, 1.165) is 25.7 Å². The van der Waals surface area contributed by atoms with Crippen LogP contribution in [0.15, 0.2) is 64.8 Å². The van der Waals surface area contributed by atoms with Gasteiger partial charge in [0.2, 0.25) is 0 Å². The summed E-state index contributed by atoms with van der Waals surface area (Å²) in [5, 5.41) is 19.9. The second-order valence-corrected chi connectivity index (χ2v) is 10.1. The number of aliphatic hydroxyl groups is 1. The molecular weight excluding hydrogens is 440 g/mol. The molecule has 4 rings (SSSR count). The average Bonchev–Trinajstić information content (AvgIpc) is 2.81. The lowest BCUT2D eigenvalue weighted by atomic mass is 9.78. The summed E-state index contributed by atoms with van der Waals surface area (Å²) in [6.07, 6.45) is 3.79. The van der Waals surface area contributed by atoms with Crippen molar-refractivity contribution in [3.05, 3.63) is 71.0 Å². The van der Waals surface area contributed by atoms with E-state index in [1.54, 1.807) is 18.2 Å². The van der Waals surface area contributed by atoms with Crippen LogP contribution in [0.1, 0.15) is 56.1 Å². The van der Waals surface area contributed by atoms with Gasteiger partial charge in [-0.2, -0.15) is 5.26 Å². The van der Waals surface area contributed by atoms with Crippen LogP contribution in [0.5, 0.6) is 0 Å². The fraction of sp³-hybridized carbons (Fsp3) is 0.360. The second kappa shape index (κ2) is 9.28. The molecule has 2 aromatic rings. The lowest BCUT2D eigenvalue weighted by Gasteiger charge is -2.37. The van der Waals surface area contributed by atoms with E-state index in [1.165, 1.54) is 24.3 Å². The van der Waals surface area contributed by atoms with E-state index in [1.807, 2.05) is 19.1 Å². The minimum Gasteiger partial charge on any atom is -0.511 e. The SMILES string of the molecule is CCC(C1=C(O)C2CCCCC2OC1=O)c1cccc(NS(=O)(=O)c2ccc(C#N)cc2)c1. The number of hydrogen-bond donors (Lipinski definition) is 2. The van der Waals surface area contributed by atoms with Gasteiger partial charge in [0.25, 0.3) is 10.0 Å². The number of ether oxygens (including phenoxy) is 1. The zero-order valence-corrected chi connectivity index (χ0v) is 19.1. The monoisotopic (exact) mass is 466 g/mol. The minimum atomic E-state index is -3.86. The van der Waals surface area contributed by atoms with E-state index in [2.05, 4.69) is 4.72 Å². The Balaban J connectivity index is 1.63. The van der Waals surface area contributed by atoms with Crippen molar-refractivity contribution < 1.29 is 23.1 Å².